The number of phenols is 1. The monoisotopic (exact) mass is 673 g/mol. The number of fused-ring (bicyclic) bond motifs is 4. The minimum atomic E-state index is -1.37. The molecule has 2 saturated heterocycles. The molecule has 9 nitrogen and oxygen atoms in total. The smallest absolute Gasteiger partial charge is 0.260 e. The van der Waals surface area contributed by atoms with Crippen molar-refractivity contribution in [3.63, 3.8) is 0 Å². The number of amides is 4. The molecular weight excluding hydrogens is 630 g/mol. The van der Waals surface area contributed by atoms with Crippen LogP contribution in [-0.4, -0.2) is 51.3 Å². The number of rotatable bonds is 7. The number of hydrogen-bond donors (Lipinski definition) is 2. The molecule has 5 aliphatic rings. The Hall–Kier alpha value is -4.92. The second kappa shape index (κ2) is 12.4. The molecule has 8 rings (SSSR count). The second-order valence-electron chi connectivity index (χ2n) is 14.6. The number of aryl methyl sites for hydroxylation is 1. The maximum atomic E-state index is 15.3. The quantitative estimate of drug-likeness (QED) is 0.220. The van der Waals surface area contributed by atoms with E-state index in [-0.39, 0.29) is 47.6 Å². The lowest BCUT2D eigenvalue weighted by atomic mass is 9.49. The van der Waals surface area contributed by atoms with Crippen LogP contribution in [0.5, 0.6) is 11.5 Å². The van der Waals surface area contributed by atoms with E-state index < -0.39 is 35.0 Å². The third-order valence-corrected chi connectivity index (χ3v) is 12.0. The summed E-state index contributed by atoms with van der Waals surface area (Å²) >= 11 is 0. The summed E-state index contributed by atoms with van der Waals surface area (Å²) < 4.78 is 5.84. The van der Waals surface area contributed by atoms with Crippen LogP contribution < -0.4 is 10.2 Å². The summed E-state index contributed by atoms with van der Waals surface area (Å²) in [5.74, 6) is -3.76. The summed E-state index contributed by atoms with van der Waals surface area (Å²) in [5, 5.41) is 11.9. The van der Waals surface area contributed by atoms with Crippen LogP contribution in [0.15, 0.2) is 84.4 Å². The molecule has 0 aromatic heterocycles. The van der Waals surface area contributed by atoms with Gasteiger partial charge in [0.1, 0.15) is 0 Å². The van der Waals surface area contributed by atoms with Gasteiger partial charge in [-0.3, -0.25) is 29.5 Å². The van der Waals surface area contributed by atoms with Crippen LogP contribution in [0.25, 0.3) is 0 Å². The lowest BCUT2D eigenvalue weighted by Crippen LogP contribution is -2.53. The maximum absolute atomic E-state index is 15.3. The van der Waals surface area contributed by atoms with Gasteiger partial charge in [0, 0.05) is 12.0 Å². The van der Waals surface area contributed by atoms with Gasteiger partial charge in [0.05, 0.1) is 35.5 Å². The zero-order valence-electron chi connectivity index (χ0n) is 28.5. The second-order valence-corrected chi connectivity index (χ2v) is 14.6. The summed E-state index contributed by atoms with van der Waals surface area (Å²) in [6, 6.07) is 22.0. The Labute approximate surface area is 292 Å². The number of ether oxygens (including phenoxy) is 1. The topological polar surface area (TPSA) is 116 Å². The van der Waals surface area contributed by atoms with Gasteiger partial charge in [-0.2, -0.15) is 5.01 Å². The van der Waals surface area contributed by atoms with Gasteiger partial charge >= 0.3 is 0 Å². The first-order chi connectivity index (χ1) is 24.2. The predicted molar refractivity (Wildman–Crippen MR) is 187 cm³/mol. The number of carbonyl (C=O) groups excluding carboxylic acids is 4. The molecule has 2 aliphatic heterocycles. The van der Waals surface area contributed by atoms with Crippen LogP contribution in [0, 0.1) is 30.6 Å². The molecule has 9 heteroatoms. The molecule has 2 N–H and O–H groups in total. The van der Waals surface area contributed by atoms with Crippen molar-refractivity contribution >= 4 is 29.3 Å². The van der Waals surface area contributed by atoms with E-state index in [0.717, 1.165) is 43.2 Å². The Morgan fingerprint density at radius 3 is 2.34 bits per heavy atom. The molecule has 0 radical (unpaired) electrons. The van der Waals surface area contributed by atoms with Crippen molar-refractivity contribution in [2.75, 3.05) is 12.0 Å². The first kappa shape index (κ1) is 32.3. The van der Waals surface area contributed by atoms with Crippen LogP contribution in [0.1, 0.15) is 74.5 Å². The zero-order chi connectivity index (χ0) is 34.7. The molecule has 3 aliphatic carbocycles. The van der Waals surface area contributed by atoms with E-state index >= 15 is 4.79 Å². The number of hydrogen-bond acceptors (Lipinski definition) is 7. The van der Waals surface area contributed by atoms with E-state index in [2.05, 4.69) is 11.5 Å². The number of benzene rings is 3. The molecule has 2 saturated carbocycles. The van der Waals surface area contributed by atoms with Crippen LogP contribution in [0.2, 0.25) is 0 Å². The number of hydrazine groups is 1. The Morgan fingerprint density at radius 2 is 1.62 bits per heavy atom. The van der Waals surface area contributed by atoms with Crippen molar-refractivity contribution < 1.29 is 29.0 Å². The minimum Gasteiger partial charge on any atom is -0.504 e. The number of carbonyl (C=O) groups is 4. The summed E-state index contributed by atoms with van der Waals surface area (Å²) in [5.41, 5.74) is 5.72. The lowest BCUT2D eigenvalue weighted by Gasteiger charge is -2.50. The van der Waals surface area contributed by atoms with Crippen molar-refractivity contribution in [1.29, 1.82) is 0 Å². The molecule has 3 aromatic carbocycles. The van der Waals surface area contributed by atoms with Crippen molar-refractivity contribution in [1.82, 2.24) is 9.91 Å². The zero-order valence-corrected chi connectivity index (χ0v) is 28.5. The van der Waals surface area contributed by atoms with E-state index in [4.69, 9.17) is 4.74 Å². The van der Waals surface area contributed by atoms with Crippen molar-refractivity contribution in [3.05, 3.63) is 101 Å². The molecule has 0 unspecified atom stereocenters. The van der Waals surface area contributed by atoms with Gasteiger partial charge in [-0.1, -0.05) is 85.0 Å². The van der Waals surface area contributed by atoms with E-state index in [1.807, 2.05) is 68.4 Å². The largest absolute Gasteiger partial charge is 0.504 e. The van der Waals surface area contributed by atoms with Crippen LogP contribution in [0.3, 0.4) is 0 Å². The van der Waals surface area contributed by atoms with Gasteiger partial charge in [-0.05, 0) is 80.8 Å². The number of allylic oxidation sites excluding steroid dienone is 2. The first-order valence-corrected chi connectivity index (χ1v) is 18.1. The van der Waals surface area contributed by atoms with Crippen molar-refractivity contribution in [2.45, 2.75) is 76.2 Å². The normalized spacial score (nSPS) is 29.4. The average molecular weight is 674 g/mol. The molecule has 2 heterocycles. The molecular formula is C41H43N3O6. The highest BCUT2D eigenvalue weighted by molar-refractivity contribution is 6.13. The number of imide groups is 2. The van der Waals surface area contributed by atoms with Gasteiger partial charge in [0.2, 0.25) is 11.8 Å². The van der Waals surface area contributed by atoms with Crippen LogP contribution in [0.4, 0.5) is 5.69 Å². The minimum absolute atomic E-state index is 0.0258. The van der Waals surface area contributed by atoms with Crippen LogP contribution >= 0.6 is 0 Å². The van der Waals surface area contributed by atoms with Gasteiger partial charge in [0.15, 0.2) is 11.5 Å². The Kier molecular flexibility index (Phi) is 8.04. The Bertz CT molecular complexity index is 1880. The highest BCUT2D eigenvalue weighted by Gasteiger charge is 2.70. The molecule has 4 fully saturated rings. The number of aromatic hydroxyl groups is 1. The van der Waals surface area contributed by atoms with Crippen LogP contribution in [-0.2, 0) is 24.6 Å². The maximum Gasteiger partial charge on any atom is 0.260 e. The fourth-order valence-corrected chi connectivity index (χ4v) is 9.83. The number of phenolic OH excluding ortho intramolecular Hbond substituents is 1. The number of nitrogens with zero attached hydrogens (tertiary/aromatic N) is 2. The molecule has 50 heavy (non-hydrogen) atoms. The number of nitrogens with one attached hydrogen (secondary N) is 1. The average Bonchev–Trinajstić information content (AvgIpc) is 3.51. The first-order valence-electron chi connectivity index (χ1n) is 18.1. The number of anilines is 1. The Morgan fingerprint density at radius 1 is 0.880 bits per heavy atom. The van der Waals surface area contributed by atoms with Crippen molar-refractivity contribution in [2.24, 2.45) is 23.7 Å². The Balaban J connectivity index is 1.31. The molecule has 4 amide bonds. The summed E-state index contributed by atoms with van der Waals surface area (Å²) in [4.78, 5) is 60.2. The molecule has 3 aromatic rings. The molecule has 6 atom stereocenters. The molecule has 258 valence electrons. The highest BCUT2D eigenvalue weighted by Crippen LogP contribution is 2.64. The lowest BCUT2D eigenvalue weighted by molar-refractivity contribution is -0.144. The van der Waals surface area contributed by atoms with Gasteiger partial charge in [-0.15, -0.1) is 0 Å². The summed E-state index contributed by atoms with van der Waals surface area (Å²) in [7, 11) is 0. The highest BCUT2D eigenvalue weighted by atomic mass is 16.5. The fraction of sp³-hybridized carbons (Fsp3) is 0.415. The van der Waals surface area contributed by atoms with Crippen molar-refractivity contribution in [3.8, 4) is 11.5 Å². The fourth-order valence-electron chi connectivity index (χ4n) is 9.83. The predicted octanol–water partition coefficient (Wildman–Crippen LogP) is 6.42. The molecule has 0 spiro atoms. The van der Waals surface area contributed by atoms with E-state index in [1.54, 1.807) is 23.1 Å². The molecule has 0 bridgehead atoms. The standard InChI is InChI=1S/C41H43N3O6/c1-3-50-34-22-25(16-21-33(34)45)36-29-19-20-30-35(39(48)43(37(30)46)28-12-8-5-9-13-28)31(29)23-32-38(47)44(42-27-17-14-24(2)15-18-27)40(49)41(32,36)26-10-6-4-7-11-26/h4,6-7,10-11,14-19,21-22,28,30-32,35-36,42,45H,3,5,8-9,12-13,20,23H2,1-2H3/t30-,31+,32-,35-,36-,41+/m0/s1. The van der Waals surface area contributed by atoms with Gasteiger partial charge in [-0.25, -0.2) is 0 Å². The van der Waals surface area contributed by atoms with E-state index in [9.17, 15) is 19.5 Å². The van der Waals surface area contributed by atoms with E-state index in [0.29, 0.717) is 29.8 Å². The van der Waals surface area contributed by atoms with E-state index in [1.165, 1.54) is 5.01 Å². The van der Waals surface area contributed by atoms with Gasteiger partial charge in [0.25, 0.3) is 11.8 Å². The third-order valence-electron chi connectivity index (χ3n) is 12.0. The van der Waals surface area contributed by atoms with Gasteiger partial charge < -0.3 is 9.84 Å². The third kappa shape index (κ3) is 4.80. The SMILES string of the molecule is CCOc1cc([C@H]2C3=CC[C@@H]4C(=O)N(C5CCCCC5)C(=O)[C@@H]4[C@@H]3C[C@H]3C(=O)N(Nc4ccc(C)cc4)C(=O)[C@@]23c2ccccc2)ccc1O. The summed E-state index contributed by atoms with van der Waals surface area (Å²) in [6.07, 6.45) is 7.47. The summed E-state index contributed by atoms with van der Waals surface area (Å²) in [6.45, 7) is 4.13. The number of likely N-dealkylation sites (tertiary alicyclic amines) is 1.